The van der Waals surface area contributed by atoms with Crippen molar-refractivity contribution in [2.75, 3.05) is 40.3 Å². The second kappa shape index (κ2) is 8.14. The number of halogens is 1. The van der Waals surface area contributed by atoms with E-state index >= 15 is 0 Å². The molecular formula is C17H28ClN3. The Morgan fingerprint density at radius 2 is 2.10 bits per heavy atom. The van der Waals surface area contributed by atoms with Crippen molar-refractivity contribution in [1.29, 1.82) is 0 Å². The van der Waals surface area contributed by atoms with Gasteiger partial charge in [0.25, 0.3) is 0 Å². The van der Waals surface area contributed by atoms with Crippen molar-refractivity contribution < 1.29 is 0 Å². The minimum Gasteiger partial charge on any atom is -0.324 e. The molecule has 0 aromatic heterocycles. The van der Waals surface area contributed by atoms with Gasteiger partial charge in [-0.2, -0.15) is 0 Å². The highest BCUT2D eigenvalue weighted by Crippen LogP contribution is 2.20. The molecule has 0 aliphatic carbocycles. The van der Waals surface area contributed by atoms with Crippen LogP contribution in [0.1, 0.15) is 30.9 Å². The van der Waals surface area contributed by atoms with Crippen LogP contribution in [0.25, 0.3) is 0 Å². The molecule has 21 heavy (non-hydrogen) atoms. The Labute approximate surface area is 134 Å². The minimum absolute atomic E-state index is 0.0728. The van der Waals surface area contributed by atoms with Crippen LogP contribution < -0.4 is 5.73 Å². The lowest BCUT2D eigenvalue weighted by molar-refractivity contribution is 0.174. The van der Waals surface area contributed by atoms with Crippen LogP contribution in [0.4, 0.5) is 0 Å². The average molecular weight is 310 g/mol. The van der Waals surface area contributed by atoms with Gasteiger partial charge in [0.1, 0.15) is 0 Å². The molecule has 1 aliphatic rings. The first-order chi connectivity index (χ1) is 10.0. The molecule has 118 valence electrons. The summed E-state index contributed by atoms with van der Waals surface area (Å²) in [6.07, 6.45) is 3.62. The molecule has 2 rings (SSSR count). The van der Waals surface area contributed by atoms with Crippen LogP contribution in [0, 0.1) is 5.92 Å². The molecule has 1 atom stereocenters. The molecule has 2 N–H and O–H groups in total. The third-order valence-corrected chi connectivity index (χ3v) is 4.74. The van der Waals surface area contributed by atoms with Crippen molar-refractivity contribution in [1.82, 2.24) is 9.80 Å². The van der Waals surface area contributed by atoms with E-state index in [2.05, 4.69) is 30.0 Å². The first-order valence-corrected chi connectivity index (χ1v) is 8.30. The van der Waals surface area contributed by atoms with Crippen molar-refractivity contribution >= 4 is 11.6 Å². The lowest BCUT2D eigenvalue weighted by atomic mass is 9.96. The number of rotatable bonds is 6. The molecule has 0 radical (unpaired) electrons. The zero-order valence-electron chi connectivity index (χ0n) is 13.3. The molecule has 0 spiro atoms. The number of likely N-dealkylation sites (tertiary alicyclic amines) is 1. The Hall–Kier alpha value is -0.610. The molecule has 1 aliphatic heterocycles. The van der Waals surface area contributed by atoms with Gasteiger partial charge in [-0.3, -0.25) is 0 Å². The highest BCUT2D eigenvalue weighted by Gasteiger charge is 2.18. The third-order valence-electron chi connectivity index (χ3n) is 4.51. The molecule has 4 heteroatoms. The number of nitrogens with two attached hydrogens (primary N) is 1. The molecule has 0 bridgehead atoms. The average Bonchev–Trinajstić information content (AvgIpc) is 2.47. The summed E-state index contributed by atoms with van der Waals surface area (Å²) in [6, 6.07) is 7.98. The topological polar surface area (TPSA) is 32.5 Å². The fourth-order valence-corrected chi connectivity index (χ4v) is 3.24. The summed E-state index contributed by atoms with van der Waals surface area (Å²) >= 11 is 6.02. The van der Waals surface area contributed by atoms with E-state index in [4.69, 9.17) is 17.3 Å². The van der Waals surface area contributed by atoms with Crippen molar-refractivity contribution in [3.05, 3.63) is 34.9 Å². The molecule has 1 aromatic rings. The highest BCUT2D eigenvalue weighted by molar-refractivity contribution is 6.30. The minimum atomic E-state index is 0.0728. The van der Waals surface area contributed by atoms with Crippen LogP contribution in [-0.2, 0) is 0 Å². The molecule has 1 unspecified atom stereocenters. The number of nitrogens with zero attached hydrogens (tertiary/aromatic N) is 2. The SMILES string of the molecule is CN1CCC(CN(C)CCC(N)c2cccc(Cl)c2)CC1. The fourth-order valence-electron chi connectivity index (χ4n) is 3.04. The van der Waals surface area contributed by atoms with Crippen molar-refractivity contribution in [2.45, 2.75) is 25.3 Å². The largest absolute Gasteiger partial charge is 0.324 e. The molecule has 3 nitrogen and oxygen atoms in total. The summed E-state index contributed by atoms with van der Waals surface area (Å²) in [6.45, 7) is 4.71. The maximum absolute atomic E-state index is 6.27. The Morgan fingerprint density at radius 1 is 1.38 bits per heavy atom. The van der Waals surface area contributed by atoms with Crippen LogP contribution in [0.3, 0.4) is 0 Å². The van der Waals surface area contributed by atoms with Gasteiger partial charge in [-0.15, -0.1) is 0 Å². The van der Waals surface area contributed by atoms with Gasteiger partial charge in [0.05, 0.1) is 0 Å². The lowest BCUT2D eigenvalue weighted by Crippen LogP contribution is -2.36. The molecule has 1 aromatic carbocycles. The van der Waals surface area contributed by atoms with Gasteiger partial charge in [0.15, 0.2) is 0 Å². The van der Waals surface area contributed by atoms with Crippen molar-refractivity contribution in [3.63, 3.8) is 0 Å². The summed E-state index contributed by atoms with van der Waals surface area (Å²) in [5, 5.41) is 0.766. The first kappa shape index (κ1) is 16.8. The van der Waals surface area contributed by atoms with Gasteiger partial charge < -0.3 is 15.5 Å². The maximum atomic E-state index is 6.27. The molecule has 1 heterocycles. The Balaban J connectivity index is 1.72. The quantitative estimate of drug-likeness (QED) is 0.877. The summed E-state index contributed by atoms with van der Waals surface area (Å²) in [5.74, 6) is 0.841. The molecule has 0 amide bonds. The summed E-state index contributed by atoms with van der Waals surface area (Å²) in [7, 11) is 4.42. The van der Waals surface area contributed by atoms with E-state index < -0.39 is 0 Å². The number of hydrogen-bond acceptors (Lipinski definition) is 3. The molecular weight excluding hydrogens is 282 g/mol. The number of benzene rings is 1. The van der Waals surface area contributed by atoms with Gasteiger partial charge in [0.2, 0.25) is 0 Å². The van der Waals surface area contributed by atoms with E-state index in [0.29, 0.717) is 0 Å². The summed E-state index contributed by atoms with van der Waals surface area (Å²) < 4.78 is 0. The number of hydrogen-bond donors (Lipinski definition) is 1. The monoisotopic (exact) mass is 309 g/mol. The van der Waals surface area contributed by atoms with Crippen LogP contribution in [0.5, 0.6) is 0 Å². The fraction of sp³-hybridized carbons (Fsp3) is 0.647. The summed E-state index contributed by atoms with van der Waals surface area (Å²) in [4.78, 5) is 4.85. The highest BCUT2D eigenvalue weighted by atomic mass is 35.5. The van der Waals surface area contributed by atoms with Gasteiger partial charge in [-0.25, -0.2) is 0 Å². The third kappa shape index (κ3) is 5.59. The molecule has 1 fully saturated rings. The maximum Gasteiger partial charge on any atom is 0.0409 e. The van der Waals surface area contributed by atoms with Gasteiger partial charge in [-0.05, 0) is 76.6 Å². The number of piperidine rings is 1. The normalized spacial score (nSPS) is 19.1. The van der Waals surface area contributed by atoms with Crippen LogP contribution in [0.15, 0.2) is 24.3 Å². The second-order valence-electron chi connectivity index (χ2n) is 6.46. The Kier molecular flexibility index (Phi) is 6.49. The van der Waals surface area contributed by atoms with E-state index in [-0.39, 0.29) is 6.04 Å². The van der Waals surface area contributed by atoms with Crippen molar-refractivity contribution in [2.24, 2.45) is 11.7 Å². The van der Waals surface area contributed by atoms with E-state index in [9.17, 15) is 0 Å². The molecule has 0 saturated carbocycles. The Morgan fingerprint density at radius 3 is 2.76 bits per heavy atom. The van der Waals surface area contributed by atoms with Crippen LogP contribution in [0.2, 0.25) is 5.02 Å². The second-order valence-corrected chi connectivity index (χ2v) is 6.90. The van der Waals surface area contributed by atoms with Gasteiger partial charge >= 0.3 is 0 Å². The van der Waals surface area contributed by atoms with E-state index in [1.165, 1.54) is 32.5 Å². The zero-order chi connectivity index (χ0) is 15.2. The molecule has 1 saturated heterocycles. The smallest absolute Gasteiger partial charge is 0.0409 e. The first-order valence-electron chi connectivity index (χ1n) is 7.92. The summed E-state index contributed by atoms with van der Waals surface area (Å²) in [5.41, 5.74) is 7.41. The zero-order valence-corrected chi connectivity index (χ0v) is 14.0. The van der Waals surface area contributed by atoms with Crippen LogP contribution in [-0.4, -0.2) is 50.1 Å². The Bertz CT molecular complexity index is 430. The standard InChI is InChI=1S/C17H28ClN3/c1-20-9-6-14(7-10-20)13-21(2)11-8-17(19)15-4-3-5-16(18)12-15/h3-5,12,14,17H,6-11,13,19H2,1-2H3. The predicted molar refractivity (Wildman–Crippen MR) is 90.7 cm³/mol. The van der Waals surface area contributed by atoms with Gasteiger partial charge in [0, 0.05) is 17.6 Å². The van der Waals surface area contributed by atoms with E-state index in [1.807, 2.05) is 18.2 Å². The van der Waals surface area contributed by atoms with Crippen molar-refractivity contribution in [3.8, 4) is 0 Å². The van der Waals surface area contributed by atoms with Crippen LogP contribution >= 0.6 is 11.6 Å². The van der Waals surface area contributed by atoms with E-state index in [0.717, 1.165) is 29.5 Å². The van der Waals surface area contributed by atoms with E-state index in [1.54, 1.807) is 0 Å². The predicted octanol–water partition coefficient (Wildman–Crippen LogP) is 3.00. The van der Waals surface area contributed by atoms with Gasteiger partial charge in [-0.1, -0.05) is 23.7 Å². The lowest BCUT2D eigenvalue weighted by Gasteiger charge is -2.32.